The van der Waals surface area contributed by atoms with Crippen LogP contribution in [0.5, 0.6) is 0 Å². The molecule has 3 nitrogen and oxygen atoms in total. The molecule has 0 aromatic heterocycles. The van der Waals surface area contributed by atoms with Gasteiger partial charge in [0.05, 0.1) is 6.04 Å². The Bertz CT molecular complexity index is 656. The quantitative estimate of drug-likeness (QED) is 0.842. The Balaban J connectivity index is 0.00000288. The number of hydrogen-bond acceptors (Lipinski definition) is 2. The highest BCUT2D eigenvalue weighted by atomic mass is 35.5. The molecule has 0 saturated heterocycles. The maximum absolute atomic E-state index is 12.3. The van der Waals surface area contributed by atoms with E-state index in [2.05, 4.69) is 50.4 Å². The van der Waals surface area contributed by atoms with Crippen molar-refractivity contribution in [1.82, 2.24) is 5.32 Å². The SMILES string of the molecule is Cc1cccc(C(C)(C)CNC(=O)[C@@H](N)Cc2ccccc2)c1.Cl. The molecule has 130 valence electrons. The molecule has 3 N–H and O–H groups in total. The van der Waals surface area contributed by atoms with Crippen LogP contribution in [-0.4, -0.2) is 18.5 Å². The van der Waals surface area contributed by atoms with Crippen LogP contribution in [0.3, 0.4) is 0 Å². The fraction of sp³-hybridized carbons (Fsp3) is 0.350. The highest BCUT2D eigenvalue weighted by molar-refractivity contribution is 5.85. The summed E-state index contributed by atoms with van der Waals surface area (Å²) in [6.07, 6.45) is 0.553. The van der Waals surface area contributed by atoms with Gasteiger partial charge < -0.3 is 11.1 Å². The van der Waals surface area contributed by atoms with E-state index in [-0.39, 0.29) is 23.7 Å². The summed E-state index contributed by atoms with van der Waals surface area (Å²) >= 11 is 0. The number of carbonyl (C=O) groups is 1. The second-order valence-electron chi connectivity index (χ2n) is 6.77. The van der Waals surface area contributed by atoms with E-state index >= 15 is 0 Å². The summed E-state index contributed by atoms with van der Waals surface area (Å²) in [4.78, 5) is 12.3. The molecule has 0 radical (unpaired) electrons. The van der Waals surface area contributed by atoms with E-state index in [9.17, 15) is 4.79 Å². The predicted octanol–water partition coefficient (Wildman–Crippen LogP) is 3.38. The second-order valence-corrected chi connectivity index (χ2v) is 6.77. The molecule has 24 heavy (non-hydrogen) atoms. The van der Waals surface area contributed by atoms with Crippen LogP contribution >= 0.6 is 12.4 Å². The van der Waals surface area contributed by atoms with Crippen molar-refractivity contribution in [3.05, 3.63) is 71.3 Å². The monoisotopic (exact) mass is 346 g/mol. The Morgan fingerprint density at radius 3 is 2.42 bits per heavy atom. The molecule has 0 spiro atoms. The number of halogens is 1. The van der Waals surface area contributed by atoms with Crippen LogP contribution in [0.15, 0.2) is 54.6 Å². The number of aryl methyl sites for hydroxylation is 1. The average Bonchev–Trinajstić information content (AvgIpc) is 2.53. The summed E-state index contributed by atoms with van der Waals surface area (Å²) in [6.45, 7) is 6.90. The van der Waals surface area contributed by atoms with Gasteiger partial charge in [-0.2, -0.15) is 0 Å². The lowest BCUT2D eigenvalue weighted by molar-refractivity contribution is -0.122. The summed E-state index contributed by atoms with van der Waals surface area (Å²) in [7, 11) is 0. The van der Waals surface area contributed by atoms with Gasteiger partial charge in [-0.05, 0) is 24.5 Å². The second kappa shape index (κ2) is 8.86. The first kappa shape index (κ1) is 20.2. The third-order valence-electron chi connectivity index (χ3n) is 4.14. The largest absolute Gasteiger partial charge is 0.354 e. The molecule has 0 aliphatic carbocycles. The van der Waals surface area contributed by atoms with Crippen LogP contribution in [0.25, 0.3) is 0 Å². The molecule has 0 unspecified atom stereocenters. The van der Waals surface area contributed by atoms with Crippen molar-refractivity contribution in [2.24, 2.45) is 5.73 Å². The lowest BCUT2D eigenvalue weighted by atomic mass is 9.84. The molecule has 2 rings (SSSR count). The molecule has 0 aliphatic rings. The number of rotatable bonds is 6. The predicted molar refractivity (Wildman–Crippen MR) is 103 cm³/mol. The molecule has 0 fully saturated rings. The molecule has 2 aromatic rings. The van der Waals surface area contributed by atoms with Crippen molar-refractivity contribution in [1.29, 1.82) is 0 Å². The minimum atomic E-state index is -0.522. The van der Waals surface area contributed by atoms with Gasteiger partial charge in [0.25, 0.3) is 0 Å². The highest BCUT2D eigenvalue weighted by Crippen LogP contribution is 2.23. The zero-order valence-electron chi connectivity index (χ0n) is 14.6. The zero-order valence-corrected chi connectivity index (χ0v) is 15.4. The van der Waals surface area contributed by atoms with Gasteiger partial charge in [0, 0.05) is 12.0 Å². The van der Waals surface area contributed by atoms with Crippen molar-refractivity contribution in [3.8, 4) is 0 Å². The zero-order chi connectivity index (χ0) is 16.9. The standard InChI is InChI=1S/C20H26N2O.ClH/c1-15-8-7-11-17(12-15)20(2,3)14-22-19(23)18(21)13-16-9-5-4-6-10-16;/h4-12,18H,13-14,21H2,1-3H3,(H,22,23);1H/t18-;/m0./s1. The lowest BCUT2D eigenvalue weighted by Crippen LogP contribution is -2.46. The Morgan fingerprint density at radius 2 is 1.79 bits per heavy atom. The van der Waals surface area contributed by atoms with E-state index in [1.807, 2.05) is 30.3 Å². The fourth-order valence-electron chi connectivity index (χ4n) is 2.57. The normalized spacial score (nSPS) is 12.2. The first-order chi connectivity index (χ1) is 10.9. The number of nitrogens with one attached hydrogen (secondary N) is 1. The van der Waals surface area contributed by atoms with Gasteiger partial charge in [0.2, 0.25) is 5.91 Å². The molecule has 0 bridgehead atoms. The summed E-state index contributed by atoms with van der Waals surface area (Å²) in [5.74, 6) is -0.102. The molecule has 1 atom stereocenters. The van der Waals surface area contributed by atoms with Crippen LogP contribution in [0.4, 0.5) is 0 Å². The summed E-state index contributed by atoms with van der Waals surface area (Å²) in [5.41, 5.74) is 9.42. The Hall–Kier alpha value is -1.84. The average molecular weight is 347 g/mol. The summed E-state index contributed by atoms with van der Waals surface area (Å²) in [6, 6.07) is 17.7. The number of amides is 1. The number of hydrogen-bond donors (Lipinski definition) is 2. The van der Waals surface area contributed by atoms with E-state index < -0.39 is 6.04 Å². The number of carbonyl (C=O) groups excluding carboxylic acids is 1. The van der Waals surface area contributed by atoms with Crippen LogP contribution in [-0.2, 0) is 16.6 Å². The smallest absolute Gasteiger partial charge is 0.237 e. The van der Waals surface area contributed by atoms with E-state index in [1.165, 1.54) is 11.1 Å². The maximum atomic E-state index is 12.3. The molecule has 0 aliphatic heterocycles. The maximum Gasteiger partial charge on any atom is 0.237 e. The lowest BCUT2D eigenvalue weighted by Gasteiger charge is -2.27. The third-order valence-corrected chi connectivity index (χ3v) is 4.14. The number of nitrogens with two attached hydrogens (primary N) is 1. The van der Waals surface area contributed by atoms with Crippen molar-refractivity contribution in [2.75, 3.05) is 6.54 Å². The highest BCUT2D eigenvalue weighted by Gasteiger charge is 2.23. The fourth-order valence-corrected chi connectivity index (χ4v) is 2.57. The third kappa shape index (κ3) is 5.66. The minimum Gasteiger partial charge on any atom is -0.354 e. The Labute approximate surface area is 151 Å². The molecule has 2 aromatic carbocycles. The van der Waals surface area contributed by atoms with Gasteiger partial charge in [-0.3, -0.25) is 4.79 Å². The van der Waals surface area contributed by atoms with Crippen LogP contribution in [0.1, 0.15) is 30.5 Å². The molecular weight excluding hydrogens is 320 g/mol. The van der Waals surface area contributed by atoms with Crippen molar-refractivity contribution in [2.45, 2.75) is 38.6 Å². The topological polar surface area (TPSA) is 55.1 Å². The van der Waals surface area contributed by atoms with Gasteiger partial charge in [-0.15, -0.1) is 12.4 Å². The van der Waals surface area contributed by atoms with Crippen molar-refractivity contribution in [3.63, 3.8) is 0 Å². The van der Waals surface area contributed by atoms with Crippen molar-refractivity contribution < 1.29 is 4.79 Å². The van der Waals surface area contributed by atoms with Crippen LogP contribution < -0.4 is 11.1 Å². The van der Waals surface area contributed by atoms with Crippen LogP contribution in [0, 0.1) is 6.92 Å². The van der Waals surface area contributed by atoms with Gasteiger partial charge in [0.15, 0.2) is 0 Å². The summed E-state index contributed by atoms with van der Waals surface area (Å²) < 4.78 is 0. The van der Waals surface area contributed by atoms with Gasteiger partial charge >= 0.3 is 0 Å². The van der Waals surface area contributed by atoms with E-state index in [0.717, 1.165) is 5.56 Å². The first-order valence-corrected chi connectivity index (χ1v) is 8.03. The molecule has 0 heterocycles. The first-order valence-electron chi connectivity index (χ1n) is 8.03. The molecule has 1 amide bonds. The van der Waals surface area contributed by atoms with Gasteiger partial charge in [-0.25, -0.2) is 0 Å². The summed E-state index contributed by atoms with van der Waals surface area (Å²) in [5, 5.41) is 3.00. The van der Waals surface area contributed by atoms with E-state index in [4.69, 9.17) is 5.73 Å². The Kier molecular flexibility index (Phi) is 7.46. The number of benzene rings is 2. The molecule has 0 saturated carbocycles. The van der Waals surface area contributed by atoms with Gasteiger partial charge in [0.1, 0.15) is 0 Å². The van der Waals surface area contributed by atoms with Crippen LogP contribution in [0.2, 0.25) is 0 Å². The van der Waals surface area contributed by atoms with Gasteiger partial charge in [-0.1, -0.05) is 74.0 Å². The van der Waals surface area contributed by atoms with E-state index in [1.54, 1.807) is 0 Å². The Morgan fingerprint density at radius 1 is 1.12 bits per heavy atom. The van der Waals surface area contributed by atoms with E-state index in [0.29, 0.717) is 13.0 Å². The van der Waals surface area contributed by atoms with Crippen molar-refractivity contribution >= 4 is 18.3 Å². The minimum absolute atomic E-state index is 0. The molecular formula is C20H27ClN2O. The molecule has 4 heteroatoms.